The molecule has 6 nitrogen and oxygen atoms in total. The van der Waals surface area contributed by atoms with Crippen molar-refractivity contribution in [1.29, 1.82) is 0 Å². The molecule has 1 rings (SSSR count). The summed E-state index contributed by atoms with van der Waals surface area (Å²) in [7, 11) is 0. The molecule has 0 saturated heterocycles. The van der Waals surface area contributed by atoms with Gasteiger partial charge in [-0.3, -0.25) is 4.68 Å². The summed E-state index contributed by atoms with van der Waals surface area (Å²) in [4.78, 5) is 10.3. The molecule has 0 fully saturated rings. The van der Waals surface area contributed by atoms with Crippen LogP contribution in [0.25, 0.3) is 0 Å². The van der Waals surface area contributed by atoms with Gasteiger partial charge in [0, 0.05) is 25.4 Å². The molecule has 0 radical (unpaired) electrons. The average molecular weight is 210 g/mol. The molecule has 0 aromatic carbocycles. The van der Waals surface area contributed by atoms with E-state index in [1.807, 2.05) is 0 Å². The van der Waals surface area contributed by atoms with Gasteiger partial charge in [-0.15, -0.1) is 5.10 Å². The van der Waals surface area contributed by atoms with Crippen LogP contribution in [-0.4, -0.2) is 39.2 Å². The lowest BCUT2D eigenvalue weighted by atomic mass is 10.3. The van der Waals surface area contributed by atoms with Gasteiger partial charge in [-0.1, -0.05) is 10.8 Å². The van der Waals surface area contributed by atoms with Crippen LogP contribution in [0.3, 0.4) is 0 Å². The third kappa shape index (κ3) is 4.92. The Kier molecular flexibility index (Phi) is 4.49. The Morgan fingerprint density at radius 1 is 1.67 bits per heavy atom. The minimum absolute atomic E-state index is 0.570. The molecule has 1 aromatic heterocycles. The van der Waals surface area contributed by atoms with Crippen LogP contribution in [0.2, 0.25) is 0 Å². The highest BCUT2D eigenvalue weighted by Gasteiger charge is 1.95. The highest BCUT2D eigenvalue weighted by atomic mass is 16.4. The molecule has 15 heavy (non-hydrogen) atoms. The minimum atomic E-state index is -0.912. The van der Waals surface area contributed by atoms with Gasteiger partial charge in [0.1, 0.15) is 0 Å². The van der Waals surface area contributed by atoms with Gasteiger partial charge in [0.15, 0.2) is 0 Å². The van der Waals surface area contributed by atoms with Crippen molar-refractivity contribution < 1.29 is 9.90 Å². The van der Waals surface area contributed by atoms with Gasteiger partial charge in [0.25, 0.3) is 0 Å². The SMILES string of the molecule is C/C(=C/C(=O)O)CNCCn1ccnn1. The first-order valence-corrected chi connectivity index (χ1v) is 4.63. The van der Waals surface area contributed by atoms with Crippen LogP contribution < -0.4 is 5.32 Å². The lowest BCUT2D eigenvalue weighted by Crippen LogP contribution is -2.22. The Balaban J connectivity index is 2.14. The van der Waals surface area contributed by atoms with Crippen LogP contribution in [0.4, 0.5) is 0 Å². The summed E-state index contributed by atoms with van der Waals surface area (Å²) in [6.45, 7) is 3.80. The van der Waals surface area contributed by atoms with Gasteiger partial charge in [0.2, 0.25) is 0 Å². The molecular formula is C9H14N4O2. The largest absolute Gasteiger partial charge is 0.478 e. The number of hydrogen-bond donors (Lipinski definition) is 2. The lowest BCUT2D eigenvalue weighted by molar-refractivity contribution is -0.131. The first-order valence-electron chi connectivity index (χ1n) is 4.63. The third-order valence-electron chi connectivity index (χ3n) is 1.76. The third-order valence-corrected chi connectivity index (χ3v) is 1.76. The van der Waals surface area contributed by atoms with E-state index in [-0.39, 0.29) is 0 Å². The van der Waals surface area contributed by atoms with Crippen LogP contribution in [0.1, 0.15) is 6.92 Å². The number of carbonyl (C=O) groups is 1. The first-order chi connectivity index (χ1) is 7.18. The Hall–Kier alpha value is -1.69. The van der Waals surface area contributed by atoms with Crippen molar-refractivity contribution in [3.63, 3.8) is 0 Å². The smallest absolute Gasteiger partial charge is 0.328 e. The van der Waals surface area contributed by atoms with Crippen molar-refractivity contribution in [3.8, 4) is 0 Å². The van der Waals surface area contributed by atoms with Crippen molar-refractivity contribution in [1.82, 2.24) is 20.3 Å². The van der Waals surface area contributed by atoms with Crippen molar-refractivity contribution in [2.45, 2.75) is 13.5 Å². The van der Waals surface area contributed by atoms with E-state index in [1.54, 1.807) is 24.0 Å². The number of aromatic nitrogens is 3. The molecule has 82 valence electrons. The standard InChI is InChI=1S/C9H14N4O2/c1-8(6-9(14)15)7-10-2-4-13-5-3-11-12-13/h3,5-6,10H,2,4,7H2,1H3,(H,14,15)/b8-6-. The predicted molar refractivity (Wildman–Crippen MR) is 54.3 cm³/mol. The maximum atomic E-state index is 10.3. The molecule has 0 aliphatic carbocycles. The fourth-order valence-electron chi connectivity index (χ4n) is 1.09. The topological polar surface area (TPSA) is 80.0 Å². The van der Waals surface area contributed by atoms with Gasteiger partial charge >= 0.3 is 5.97 Å². The summed E-state index contributed by atoms with van der Waals surface area (Å²) in [5, 5.41) is 19.0. The van der Waals surface area contributed by atoms with Crippen molar-refractivity contribution in [2.75, 3.05) is 13.1 Å². The molecule has 0 atom stereocenters. The fourth-order valence-corrected chi connectivity index (χ4v) is 1.09. The Morgan fingerprint density at radius 2 is 2.47 bits per heavy atom. The molecule has 0 amide bonds. The highest BCUT2D eigenvalue weighted by molar-refractivity contribution is 5.80. The van der Waals surface area contributed by atoms with Gasteiger partial charge in [-0.05, 0) is 6.92 Å². The number of nitrogens with one attached hydrogen (secondary N) is 1. The zero-order valence-electron chi connectivity index (χ0n) is 8.55. The molecular weight excluding hydrogens is 196 g/mol. The number of rotatable bonds is 6. The van der Waals surface area contributed by atoms with E-state index in [2.05, 4.69) is 15.6 Å². The van der Waals surface area contributed by atoms with E-state index in [0.717, 1.165) is 18.7 Å². The summed E-state index contributed by atoms with van der Waals surface area (Å²) >= 11 is 0. The predicted octanol–water partition coefficient (Wildman–Crippen LogP) is -0.101. The summed E-state index contributed by atoms with van der Waals surface area (Å²) in [5.41, 5.74) is 0.793. The lowest BCUT2D eigenvalue weighted by Gasteiger charge is -2.03. The van der Waals surface area contributed by atoms with Crippen LogP contribution in [0, 0.1) is 0 Å². The zero-order valence-corrected chi connectivity index (χ0v) is 8.55. The number of hydrogen-bond acceptors (Lipinski definition) is 4. The summed E-state index contributed by atoms with van der Waals surface area (Å²) in [6, 6.07) is 0. The number of carboxylic acid groups (broad SMARTS) is 1. The second-order valence-electron chi connectivity index (χ2n) is 3.17. The van der Waals surface area contributed by atoms with Crippen LogP contribution in [0.15, 0.2) is 24.0 Å². The zero-order chi connectivity index (χ0) is 11.1. The molecule has 0 bridgehead atoms. The molecule has 0 saturated carbocycles. The minimum Gasteiger partial charge on any atom is -0.478 e. The summed E-state index contributed by atoms with van der Waals surface area (Å²) in [6.07, 6.45) is 4.60. The quantitative estimate of drug-likeness (QED) is 0.506. The van der Waals surface area contributed by atoms with Gasteiger partial charge in [0.05, 0.1) is 12.7 Å². The second-order valence-corrected chi connectivity index (χ2v) is 3.17. The van der Waals surface area contributed by atoms with E-state index in [4.69, 9.17) is 5.11 Å². The molecule has 2 N–H and O–H groups in total. The average Bonchev–Trinajstić information content (AvgIpc) is 2.63. The maximum absolute atomic E-state index is 10.3. The van der Waals surface area contributed by atoms with E-state index in [9.17, 15) is 4.79 Å². The van der Waals surface area contributed by atoms with Crippen LogP contribution in [-0.2, 0) is 11.3 Å². The highest BCUT2D eigenvalue weighted by Crippen LogP contribution is 1.89. The van der Waals surface area contributed by atoms with E-state index < -0.39 is 5.97 Å². The molecule has 0 unspecified atom stereocenters. The van der Waals surface area contributed by atoms with Gasteiger partial charge in [-0.25, -0.2) is 4.79 Å². The normalized spacial score (nSPS) is 11.7. The first kappa shape index (κ1) is 11.4. The Bertz CT molecular complexity index is 332. The van der Waals surface area contributed by atoms with Crippen molar-refractivity contribution >= 4 is 5.97 Å². The molecule has 1 aromatic rings. The van der Waals surface area contributed by atoms with Crippen molar-refractivity contribution in [3.05, 3.63) is 24.0 Å². The molecule has 6 heteroatoms. The van der Waals surface area contributed by atoms with Gasteiger partial charge in [-0.2, -0.15) is 0 Å². The Labute approximate surface area is 87.6 Å². The van der Waals surface area contributed by atoms with Crippen molar-refractivity contribution in [2.24, 2.45) is 0 Å². The molecule has 0 spiro atoms. The summed E-state index contributed by atoms with van der Waals surface area (Å²) < 4.78 is 1.71. The Morgan fingerprint density at radius 3 is 3.07 bits per heavy atom. The number of carboxylic acids is 1. The summed E-state index contributed by atoms with van der Waals surface area (Å²) in [5.74, 6) is -0.912. The molecule has 0 aliphatic heterocycles. The van der Waals surface area contributed by atoms with Crippen LogP contribution >= 0.6 is 0 Å². The fraction of sp³-hybridized carbons (Fsp3) is 0.444. The molecule has 0 aliphatic rings. The van der Waals surface area contributed by atoms with E-state index in [0.29, 0.717) is 6.54 Å². The van der Waals surface area contributed by atoms with E-state index >= 15 is 0 Å². The van der Waals surface area contributed by atoms with Gasteiger partial charge < -0.3 is 10.4 Å². The number of aliphatic carboxylic acids is 1. The van der Waals surface area contributed by atoms with E-state index in [1.165, 1.54) is 6.08 Å². The number of nitrogens with zero attached hydrogens (tertiary/aromatic N) is 3. The monoisotopic (exact) mass is 210 g/mol. The maximum Gasteiger partial charge on any atom is 0.328 e. The second kappa shape index (κ2) is 5.92. The molecule has 1 heterocycles. The van der Waals surface area contributed by atoms with Crippen LogP contribution in [0.5, 0.6) is 0 Å².